The van der Waals surface area contributed by atoms with Gasteiger partial charge in [0.05, 0.1) is 33.7 Å². The van der Waals surface area contributed by atoms with E-state index in [4.69, 9.17) is 5.26 Å². The Bertz CT molecular complexity index is 1200. The van der Waals surface area contributed by atoms with Crippen molar-refractivity contribution in [2.24, 2.45) is 0 Å². The minimum absolute atomic E-state index is 0.0417. The second-order valence-electron chi connectivity index (χ2n) is 6.26. The van der Waals surface area contributed by atoms with Crippen molar-refractivity contribution in [3.8, 4) is 6.07 Å². The molecule has 0 radical (unpaired) electrons. The lowest BCUT2D eigenvalue weighted by molar-refractivity contribution is -0.137. The summed E-state index contributed by atoms with van der Waals surface area (Å²) in [4.78, 5) is 7.96. The summed E-state index contributed by atoms with van der Waals surface area (Å²) in [6, 6.07) is 7.37. The number of benzene rings is 1. The Morgan fingerprint density at radius 2 is 1.93 bits per heavy atom. The summed E-state index contributed by atoms with van der Waals surface area (Å²) in [5, 5.41) is 8.82. The standard InChI is InChI=1S/C18H16F3N5O2S/c1-3-26-15-8-13(18(19,20)21)10-23-16(15)24-17(26)11(2)25-29(27,28)14-6-4-12(9-22)5-7-14/h4-8,10-11,25H,3H2,1-2H3. The molecule has 1 aromatic carbocycles. The normalized spacial score (nSPS) is 13.4. The molecule has 0 aliphatic rings. The highest BCUT2D eigenvalue weighted by molar-refractivity contribution is 7.89. The van der Waals surface area contributed by atoms with E-state index in [1.165, 1.54) is 28.8 Å². The lowest BCUT2D eigenvalue weighted by atomic mass is 10.2. The molecule has 7 nitrogen and oxygen atoms in total. The number of imidazole rings is 1. The average Bonchev–Trinajstić information content (AvgIpc) is 3.05. The van der Waals surface area contributed by atoms with Crippen LogP contribution in [0.3, 0.4) is 0 Å². The van der Waals surface area contributed by atoms with Crippen LogP contribution in [0.4, 0.5) is 13.2 Å². The van der Waals surface area contributed by atoms with Crippen LogP contribution in [0, 0.1) is 11.3 Å². The molecule has 1 atom stereocenters. The van der Waals surface area contributed by atoms with Crippen LogP contribution in [0.1, 0.15) is 36.8 Å². The van der Waals surface area contributed by atoms with Gasteiger partial charge in [0.15, 0.2) is 5.65 Å². The SMILES string of the molecule is CCn1c(C(C)NS(=O)(=O)c2ccc(C#N)cc2)nc2ncc(C(F)(F)F)cc21. The van der Waals surface area contributed by atoms with E-state index >= 15 is 0 Å². The third-order valence-corrected chi connectivity index (χ3v) is 5.85. The van der Waals surface area contributed by atoms with Crippen molar-refractivity contribution in [2.45, 2.75) is 37.5 Å². The molecule has 152 valence electrons. The number of fused-ring (bicyclic) bond motifs is 1. The Hall–Kier alpha value is -2.97. The van der Waals surface area contributed by atoms with E-state index in [0.717, 1.165) is 6.07 Å². The molecule has 11 heteroatoms. The minimum atomic E-state index is -4.55. The van der Waals surface area contributed by atoms with E-state index in [2.05, 4.69) is 14.7 Å². The maximum absolute atomic E-state index is 13.0. The molecule has 0 bridgehead atoms. The third kappa shape index (κ3) is 4.08. The van der Waals surface area contributed by atoms with Crippen molar-refractivity contribution in [1.29, 1.82) is 5.26 Å². The Labute approximate surface area is 164 Å². The van der Waals surface area contributed by atoms with Gasteiger partial charge in [0.25, 0.3) is 0 Å². The summed E-state index contributed by atoms with van der Waals surface area (Å²) in [6.07, 6.45) is -3.85. The van der Waals surface area contributed by atoms with Gasteiger partial charge in [0.1, 0.15) is 5.82 Å². The largest absolute Gasteiger partial charge is 0.417 e. The predicted octanol–water partition coefficient (Wildman–Crippen LogP) is 3.38. The van der Waals surface area contributed by atoms with Crippen LogP contribution in [0.5, 0.6) is 0 Å². The number of rotatable bonds is 5. The highest BCUT2D eigenvalue weighted by Crippen LogP contribution is 2.31. The van der Waals surface area contributed by atoms with E-state index in [9.17, 15) is 21.6 Å². The number of nitrogens with zero attached hydrogens (tertiary/aromatic N) is 4. The van der Waals surface area contributed by atoms with Crippen LogP contribution < -0.4 is 4.72 Å². The quantitative estimate of drug-likeness (QED) is 0.678. The summed E-state index contributed by atoms with van der Waals surface area (Å²) in [5.41, 5.74) is -0.325. The Balaban J connectivity index is 1.97. The number of nitrogens with one attached hydrogen (secondary N) is 1. The van der Waals surface area contributed by atoms with Crippen molar-refractivity contribution < 1.29 is 21.6 Å². The summed E-state index contributed by atoms with van der Waals surface area (Å²) >= 11 is 0. The van der Waals surface area contributed by atoms with Gasteiger partial charge in [0.2, 0.25) is 10.0 Å². The van der Waals surface area contributed by atoms with Crippen LogP contribution in [0.2, 0.25) is 0 Å². The molecule has 0 fully saturated rings. The summed E-state index contributed by atoms with van der Waals surface area (Å²) in [7, 11) is -3.94. The Morgan fingerprint density at radius 3 is 2.48 bits per heavy atom. The van der Waals surface area contributed by atoms with Crippen molar-refractivity contribution in [1.82, 2.24) is 19.3 Å². The molecular formula is C18H16F3N5O2S. The number of aryl methyl sites for hydroxylation is 1. The zero-order valence-corrected chi connectivity index (χ0v) is 16.2. The smallest absolute Gasteiger partial charge is 0.326 e. The van der Waals surface area contributed by atoms with Crippen molar-refractivity contribution in [3.05, 3.63) is 53.5 Å². The summed E-state index contributed by atoms with van der Waals surface area (Å²) in [6.45, 7) is 3.53. The number of pyridine rings is 1. The molecule has 29 heavy (non-hydrogen) atoms. The van der Waals surface area contributed by atoms with Gasteiger partial charge in [-0.3, -0.25) is 0 Å². The van der Waals surface area contributed by atoms with E-state index in [-0.39, 0.29) is 28.4 Å². The van der Waals surface area contributed by atoms with Gasteiger partial charge in [-0.2, -0.15) is 18.4 Å². The van der Waals surface area contributed by atoms with E-state index in [1.807, 2.05) is 6.07 Å². The maximum Gasteiger partial charge on any atom is 0.417 e. The van der Waals surface area contributed by atoms with E-state index < -0.39 is 27.8 Å². The van der Waals surface area contributed by atoms with Gasteiger partial charge >= 0.3 is 6.18 Å². The summed E-state index contributed by atoms with van der Waals surface area (Å²) < 4.78 is 68.2. The number of nitriles is 1. The monoisotopic (exact) mass is 423 g/mol. The molecule has 0 saturated heterocycles. The molecule has 0 aliphatic carbocycles. The Kier molecular flexibility index (Phi) is 5.34. The molecule has 2 aromatic heterocycles. The van der Waals surface area contributed by atoms with Crippen molar-refractivity contribution >= 4 is 21.2 Å². The van der Waals surface area contributed by atoms with Crippen molar-refractivity contribution in [2.75, 3.05) is 0 Å². The highest BCUT2D eigenvalue weighted by atomic mass is 32.2. The molecule has 3 aromatic rings. The van der Waals surface area contributed by atoms with Crippen LogP contribution in [-0.4, -0.2) is 23.0 Å². The number of hydrogen-bond donors (Lipinski definition) is 1. The number of halogens is 3. The average molecular weight is 423 g/mol. The first kappa shape index (κ1) is 20.8. The molecule has 0 aliphatic heterocycles. The zero-order chi connectivity index (χ0) is 21.4. The van der Waals surface area contributed by atoms with Crippen molar-refractivity contribution in [3.63, 3.8) is 0 Å². The van der Waals surface area contributed by atoms with E-state index in [1.54, 1.807) is 13.8 Å². The number of sulfonamides is 1. The van der Waals surface area contributed by atoms with Gasteiger partial charge in [-0.05, 0) is 44.2 Å². The molecule has 0 amide bonds. The first-order chi connectivity index (χ1) is 13.6. The van der Waals surface area contributed by atoms with Gasteiger partial charge in [-0.25, -0.2) is 23.1 Å². The second-order valence-corrected chi connectivity index (χ2v) is 7.97. The third-order valence-electron chi connectivity index (χ3n) is 4.29. The van der Waals surface area contributed by atoms with Gasteiger partial charge in [0, 0.05) is 12.7 Å². The predicted molar refractivity (Wildman–Crippen MR) is 98.1 cm³/mol. The molecule has 0 saturated carbocycles. The topological polar surface area (TPSA) is 101 Å². The molecule has 3 rings (SSSR count). The lowest BCUT2D eigenvalue weighted by Crippen LogP contribution is -2.28. The number of alkyl halides is 3. The van der Waals surface area contributed by atoms with Crippen LogP contribution in [0.15, 0.2) is 41.4 Å². The fourth-order valence-electron chi connectivity index (χ4n) is 2.90. The number of aromatic nitrogens is 3. The Morgan fingerprint density at radius 1 is 1.28 bits per heavy atom. The molecule has 1 N–H and O–H groups in total. The van der Waals surface area contributed by atoms with Crippen LogP contribution >= 0.6 is 0 Å². The van der Waals surface area contributed by atoms with Gasteiger partial charge in [-0.1, -0.05) is 0 Å². The lowest BCUT2D eigenvalue weighted by Gasteiger charge is -2.15. The van der Waals surface area contributed by atoms with Gasteiger partial charge < -0.3 is 4.57 Å². The highest BCUT2D eigenvalue weighted by Gasteiger charge is 2.32. The number of hydrogen-bond acceptors (Lipinski definition) is 5. The second kappa shape index (κ2) is 7.46. The minimum Gasteiger partial charge on any atom is -0.326 e. The van der Waals surface area contributed by atoms with Gasteiger partial charge in [-0.15, -0.1) is 0 Å². The maximum atomic E-state index is 13.0. The zero-order valence-electron chi connectivity index (χ0n) is 15.4. The van der Waals surface area contributed by atoms with Crippen LogP contribution in [-0.2, 0) is 22.7 Å². The fraction of sp³-hybridized carbons (Fsp3) is 0.278. The van der Waals surface area contributed by atoms with Crippen LogP contribution in [0.25, 0.3) is 11.2 Å². The first-order valence-electron chi connectivity index (χ1n) is 8.52. The molecule has 2 heterocycles. The molecular weight excluding hydrogens is 407 g/mol. The molecule has 1 unspecified atom stereocenters. The molecule has 0 spiro atoms. The summed E-state index contributed by atoms with van der Waals surface area (Å²) in [5.74, 6) is 0.242. The first-order valence-corrected chi connectivity index (χ1v) is 10.0. The van der Waals surface area contributed by atoms with E-state index in [0.29, 0.717) is 11.8 Å². The fourth-order valence-corrected chi connectivity index (χ4v) is 4.10.